The zero-order valence-electron chi connectivity index (χ0n) is 17.5. The molecule has 0 fully saturated rings. The molecule has 0 saturated carbocycles. The van der Waals surface area contributed by atoms with E-state index in [4.69, 9.17) is 4.74 Å². The number of non-ortho nitro benzene ring substituents is 2. The van der Waals surface area contributed by atoms with Gasteiger partial charge < -0.3 is 15.2 Å². The molecule has 0 unspecified atom stereocenters. The monoisotopic (exact) mass is 459 g/mol. The van der Waals surface area contributed by atoms with Crippen molar-refractivity contribution in [1.29, 1.82) is 0 Å². The molecule has 0 aliphatic rings. The maximum atomic E-state index is 12.5. The van der Waals surface area contributed by atoms with Crippen LogP contribution in [0.3, 0.4) is 0 Å². The number of aliphatic carboxylic acids is 1. The Bertz CT molecular complexity index is 1050. The summed E-state index contributed by atoms with van der Waals surface area (Å²) >= 11 is 0. The SMILES string of the molecule is CCOC(=O)C[C@@H](c1ccc([N+](=O)[O-])cc1)[C@H](NC(=O)Cc1cccc([N+](=O)[O-])c1)C(=O)O. The van der Waals surface area contributed by atoms with Crippen molar-refractivity contribution in [1.82, 2.24) is 5.32 Å². The average Bonchev–Trinajstić information content (AvgIpc) is 2.76. The molecule has 0 aliphatic heterocycles. The zero-order valence-corrected chi connectivity index (χ0v) is 17.5. The molecule has 0 bridgehead atoms. The summed E-state index contributed by atoms with van der Waals surface area (Å²) in [7, 11) is 0. The number of benzene rings is 2. The van der Waals surface area contributed by atoms with Gasteiger partial charge in [0, 0.05) is 30.2 Å². The van der Waals surface area contributed by atoms with Crippen LogP contribution < -0.4 is 5.32 Å². The smallest absolute Gasteiger partial charge is 0.326 e. The summed E-state index contributed by atoms with van der Waals surface area (Å²) in [6, 6.07) is 8.71. The zero-order chi connectivity index (χ0) is 24.5. The summed E-state index contributed by atoms with van der Waals surface area (Å²) in [5.41, 5.74) is 0.121. The molecule has 0 spiro atoms. The lowest BCUT2D eigenvalue weighted by Gasteiger charge is -2.25. The summed E-state index contributed by atoms with van der Waals surface area (Å²) in [6.07, 6.45) is -0.739. The van der Waals surface area contributed by atoms with Crippen molar-refractivity contribution in [3.63, 3.8) is 0 Å². The van der Waals surface area contributed by atoms with Crippen LogP contribution in [0.25, 0.3) is 0 Å². The number of hydrogen-bond donors (Lipinski definition) is 2. The number of nitro groups is 2. The van der Waals surface area contributed by atoms with Gasteiger partial charge in [0.15, 0.2) is 0 Å². The fourth-order valence-electron chi connectivity index (χ4n) is 3.20. The van der Waals surface area contributed by atoms with E-state index in [1.54, 1.807) is 6.92 Å². The number of carbonyl (C=O) groups is 3. The molecular formula is C21H21N3O9. The standard InChI is InChI=1S/C21H21N3O9/c1-2-33-19(26)12-17(14-6-8-15(9-7-14)23(29)30)20(21(27)28)22-18(25)11-13-4-3-5-16(10-13)24(31)32/h3-10,17,20H,2,11-12H2,1H3,(H,22,25)(H,27,28)/t17-,20-/m0/s1. The lowest BCUT2D eigenvalue weighted by Crippen LogP contribution is -2.46. The Labute approximate surface area is 187 Å². The quantitative estimate of drug-likeness (QED) is 0.290. The van der Waals surface area contributed by atoms with Crippen LogP contribution in [0.15, 0.2) is 48.5 Å². The van der Waals surface area contributed by atoms with Crippen LogP contribution in [0.4, 0.5) is 11.4 Å². The number of nitrogens with zero attached hydrogens (tertiary/aromatic N) is 2. The van der Waals surface area contributed by atoms with Crippen molar-refractivity contribution < 1.29 is 34.1 Å². The normalized spacial score (nSPS) is 12.3. The minimum absolute atomic E-state index is 0.0582. The second-order valence-electron chi connectivity index (χ2n) is 6.95. The topological polar surface area (TPSA) is 179 Å². The number of ether oxygens (including phenoxy) is 1. The second-order valence-corrected chi connectivity index (χ2v) is 6.95. The number of hydrogen-bond acceptors (Lipinski definition) is 8. The number of nitro benzene ring substituents is 2. The van der Waals surface area contributed by atoms with Crippen molar-refractivity contribution in [3.05, 3.63) is 79.9 Å². The number of carbonyl (C=O) groups excluding carboxylic acids is 2. The number of rotatable bonds is 11. The van der Waals surface area contributed by atoms with Gasteiger partial charge in [-0.25, -0.2) is 4.79 Å². The molecule has 1 amide bonds. The van der Waals surface area contributed by atoms with E-state index >= 15 is 0 Å². The fraction of sp³-hybridized carbons (Fsp3) is 0.286. The van der Waals surface area contributed by atoms with E-state index in [1.165, 1.54) is 36.4 Å². The van der Waals surface area contributed by atoms with Crippen molar-refractivity contribution in [2.75, 3.05) is 6.61 Å². The van der Waals surface area contributed by atoms with Crippen molar-refractivity contribution in [2.24, 2.45) is 0 Å². The molecule has 0 heterocycles. The largest absolute Gasteiger partial charge is 0.480 e. The maximum absolute atomic E-state index is 12.5. The number of amides is 1. The number of esters is 1. The van der Waals surface area contributed by atoms with Gasteiger partial charge in [-0.15, -0.1) is 0 Å². The first-order chi connectivity index (χ1) is 15.6. The van der Waals surface area contributed by atoms with Gasteiger partial charge in [-0.1, -0.05) is 24.3 Å². The molecule has 33 heavy (non-hydrogen) atoms. The van der Waals surface area contributed by atoms with E-state index in [2.05, 4.69) is 5.32 Å². The Hall–Kier alpha value is -4.35. The van der Waals surface area contributed by atoms with Gasteiger partial charge in [-0.2, -0.15) is 0 Å². The molecular weight excluding hydrogens is 438 g/mol. The van der Waals surface area contributed by atoms with Crippen LogP contribution in [-0.2, 0) is 25.5 Å². The first-order valence-corrected chi connectivity index (χ1v) is 9.77. The molecule has 0 aliphatic carbocycles. The van der Waals surface area contributed by atoms with Crippen molar-refractivity contribution in [2.45, 2.75) is 31.7 Å². The first kappa shape index (κ1) is 24.9. The molecule has 0 radical (unpaired) electrons. The first-order valence-electron chi connectivity index (χ1n) is 9.77. The lowest BCUT2D eigenvalue weighted by atomic mass is 9.88. The van der Waals surface area contributed by atoms with Gasteiger partial charge in [-0.05, 0) is 18.1 Å². The number of carboxylic acid groups (broad SMARTS) is 1. The molecule has 2 N–H and O–H groups in total. The minimum atomic E-state index is -1.57. The third kappa shape index (κ3) is 7.09. The molecule has 12 nitrogen and oxygen atoms in total. The van der Waals surface area contributed by atoms with Gasteiger partial charge in [-0.3, -0.25) is 29.8 Å². The van der Waals surface area contributed by atoms with E-state index in [0.29, 0.717) is 5.56 Å². The van der Waals surface area contributed by atoms with Gasteiger partial charge in [0.25, 0.3) is 11.4 Å². The highest BCUT2D eigenvalue weighted by Crippen LogP contribution is 2.27. The van der Waals surface area contributed by atoms with Crippen molar-refractivity contribution in [3.8, 4) is 0 Å². The predicted molar refractivity (Wildman–Crippen MR) is 113 cm³/mol. The Kier molecular flexibility index (Phi) is 8.55. The minimum Gasteiger partial charge on any atom is -0.480 e. The average molecular weight is 459 g/mol. The summed E-state index contributed by atoms with van der Waals surface area (Å²) in [5.74, 6) is -3.97. The Morgan fingerprint density at radius 3 is 2.21 bits per heavy atom. The van der Waals surface area contributed by atoms with Gasteiger partial charge in [0.1, 0.15) is 6.04 Å². The molecule has 2 rings (SSSR count). The summed E-state index contributed by atoms with van der Waals surface area (Å²) < 4.78 is 4.91. The number of carboxylic acids is 1. The molecule has 2 aromatic carbocycles. The third-order valence-electron chi connectivity index (χ3n) is 4.69. The molecule has 2 aromatic rings. The molecule has 174 valence electrons. The number of nitrogens with one attached hydrogen (secondary N) is 1. The van der Waals surface area contributed by atoms with Crippen LogP contribution >= 0.6 is 0 Å². The summed E-state index contributed by atoms with van der Waals surface area (Å²) in [4.78, 5) is 57.2. The van der Waals surface area contributed by atoms with Crippen LogP contribution in [0.2, 0.25) is 0 Å². The highest BCUT2D eigenvalue weighted by atomic mass is 16.6. The van der Waals surface area contributed by atoms with Gasteiger partial charge in [0.05, 0.1) is 29.3 Å². The van der Waals surface area contributed by atoms with Crippen LogP contribution in [0.1, 0.15) is 30.4 Å². The maximum Gasteiger partial charge on any atom is 0.326 e. The predicted octanol–water partition coefficient (Wildman–Crippen LogP) is 2.35. The van der Waals surface area contributed by atoms with Crippen LogP contribution in [0, 0.1) is 20.2 Å². The Morgan fingerprint density at radius 2 is 1.67 bits per heavy atom. The van der Waals surface area contributed by atoms with Gasteiger partial charge >= 0.3 is 11.9 Å². The van der Waals surface area contributed by atoms with E-state index < -0.39 is 46.1 Å². The third-order valence-corrected chi connectivity index (χ3v) is 4.69. The second kappa shape index (κ2) is 11.3. The Balaban J connectivity index is 2.30. The fourth-order valence-corrected chi connectivity index (χ4v) is 3.20. The molecule has 2 atom stereocenters. The van der Waals surface area contributed by atoms with Crippen molar-refractivity contribution >= 4 is 29.2 Å². The van der Waals surface area contributed by atoms with E-state index in [9.17, 15) is 39.7 Å². The van der Waals surface area contributed by atoms with E-state index in [-0.39, 0.29) is 30.0 Å². The molecule has 0 saturated heterocycles. The highest BCUT2D eigenvalue weighted by Gasteiger charge is 2.33. The molecule has 12 heteroatoms. The van der Waals surface area contributed by atoms with E-state index in [0.717, 1.165) is 12.1 Å². The van der Waals surface area contributed by atoms with Crippen LogP contribution in [0.5, 0.6) is 0 Å². The van der Waals surface area contributed by atoms with Crippen LogP contribution in [-0.4, -0.2) is 45.4 Å². The molecule has 0 aromatic heterocycles. The summed E-state index contributed by atoms with van der Waals surface area (Å²) in [5, 5.41) is 33.9. The van der Waals surface area contributed by atoms with E-state index in [1.807, 2.05) is 0 Å². The van der Waals surface area contributed by atoms with Gasteiger partial charge in [0.2, 0.25) is 5.91 Å². The lowest BCUT2D eigenvalue weighted by molar-refractivity contribution is -0.385. The summed E-state index contributed by atoms with van der Waals surface area (Å²) in [6.45, 7) is 1.64. The Morgan fingerprint density at radius 1 is 1.03 bits per heavy atom. The highest BCUT2D eigenvalue weighted by molar-refractivity contribution is 5.86.